The van der Waals surface area contributed by atoms with Gasteiger partial charge in [0, 0.05) is 0 Å². The van der Waals surface area contributed by atoms with Crippen LogP contribution in [0.1, 0.15) is 0 Å². The van der Waals surface area contributed by atoms with Crippen LogP contribution < -0.4 is 0 Å². The number of hydrogen-bond donors (Lipinski definition) is 0. The van der Waals surface area contributed by atoms with E-state index in [0.717, 1.165) is 0 Å². The van der Waals surface area contributed by atoms with Gasteiger partial charge in [-0.25, -0.2) is 0 Å². The van der Waals surface area contributed by atoms with Gasteiger partial charge in [0.15, 0.2) is 0 Å². The van der Waals surface area contributed by atoms with E-state index < -0.39 is 0 Å². The Labute approximate surface area is 212 Å². The Morgan fingerprint density at radius 2 is 0.333 bits per heavy atom. The molecule has 0 spiro atoms. The molecule has 0 N–H and O–H groups in total. The lowest BCUT2D eigenvalue weighted by Crippen LogP contribution is -1.84. The van der Waals surface area contributed by atoms with Gasteiger partial charge in [-0.05, 0) is 85.0 Å². The van der Waals surface area contributed by atoms with E-state index in [9.17, 15) is 0 Å². The lowest BCUT2D eigenvalue weighted by atomic mass is 9.94. The zero-order valence-corrected chi connectivity index (χ0v) is 19.9. The van der Waals surface area contributed by atoms with E-state index >= 15 is 0 Å². The minimum atomic E-state index is 1.22. The normalized spacial score (nSPS) is 11.3. The van der Waals surface area contributed by atoms with E-state index in [1.165, 1.54) is 66.8 Å². The summed E-state index contributed by atoms with van der Waals surface area (Å²) in [5.74, 6) is 0. The minimum Gasteiger partial charge on any atom is -0.0610 e. The highest BCUT2D eigenvalue weighted by Crippen LogP contribution is 2.35. The van der Waals surface area contributed by atoms with Crippen molar-refractivity contribution in [2.24, 2.45) is 0 Å². The van der Waals surface area contributed by atoms with Crippen LogP contribution in [0.25, 0.3) is 66.8 Å². The molecule has 1 aromatic carbocycles. The van der Waals surface area contributed by atoms with Crippen molar-refractivity contribution in [3.05, 3.63) is 146 Å². The fourth-order valence-corrected chi connectivity index (χ4v) is 5.20. The Bertz CT molecular complexity index is 1430. The van der Waals surface area contributed by atoms with E-state index in [4.69, 9.17) is 0 Å². The van der Waals surface area contributed by atoms with Gasteiger partial charge in [0.2, 0.25) is 0 Å². The summed E-state index contributed by atoms with van der Waals surface area (Å²) in [5.41, 5.74) is 14.9. The molecule has 0 bridgehead atoms. The van der Waals surface area contributed by atoms with Crippen LogP contribution in [0.3, 0.4) is 0 Å². The second kappa shape index (κ2) is 8.52. The summed E-state index contributed by atoms with van der Waals surface area (Å²) < 4.78 is 0. The van der Waals surface area contributed by atoms with Crippen molar-refractivity contribution in [3.8, 4) is 66.8 Å². The number of rotatable bonds is 3. The summed E-state index contributed by atoms with van der Waals surface area (Å²) in [5, 5.41) is 0. The fourth-order valence-electron chi connectivity index (χ4n) is 5.20. The van der Waals surface area contributed by atoms with Crippen molar-refractivity contribution in [1.29, 1.82) is 0 Å². The summed E-state index contributed by atoms with van der Waals surface area (Å²) in [6.07, 6.45) is 0. The monoisotopic (exact) mass is 456 g/mol. The van der Waals surface area contributed by atoms with Crippen LogP contribution in [0.15, 0.2) is 146 Å². The third-order valence-electron chi connectivity index (χ3n) is 7.24. The van der Waals surface area contributed by atoms with E-state index in [1.807, 2.05) is 0 Å². The Morgan fingerprint density at radius 1 is 0.167 bits per heavy atom. The molecule has 0 heterocycles. The topological polar surface area (TPSA) is 0 Å². The molecule has 0 amide bonds. The SMILES string of the molecule is c1cc2ccc(-c3cc(-c4ccc5cccc-5cc4)cc(-c4ccc5cccc-5cc4)c3)ccc-2c1. The average molecular weight is 457 g/mol. The molecule has 6 aliphatic carbocycles. The van der Waals surface area contributed by atoms with E-state index in [2.05, 4.69) is 146 Å². The molecule has 1 aromatic rings. The number of benzene rings is 1. The van der Waals surface area contributed by atoms with Gasteiger partial charge in [-0.15, -0.1) is 0 Å². The predicted molar refractivity (Wildman–Crippen MR) is 153 cm³/mol. The van der Waals surface area contributed by atoms with Gasteiger partial charge in [0.25, 0.3) is 0 Å². The van der Waals surface area contributed by atoms with Crippen LogP contribution in [-0.4, -0.2) is 0 Å². The van der Waals surface area contributed by atoms with Crippen LogP contribution in [0.2, 0.25) is 0 Å². The van der Waals surface area contributed by atoms with Crippen LogP contribution in [0, 0.1) is 0 Å². The molecule has 0 unspecified atom stereocenters. The van der Waals surface area contributed by atoms with Crippen molar-refractivity contribution in [2.45, 2.75) is 0 Å². The lowest BCUT2D eigenvalue weighted by molar-refractivity contribution is 1.60. The van der Waals surface area contributed by atoms with Crippen molar-refractivity contribution >= 4 is 0 Å². The van der Waals surface area contributed by atoms with Gasteiger partial charge in [-0.1, -0.05) is 127 Å². The predicted octanol–water partition coefficient (Wildman–Crippen LogP) is 10.0. The molecule has 0 heteroatoms. The quantitative estimate of drug-likeness (QED) is 0.248. The molecule has 36 heavy (non-hydrogen) atoms. The Kier molecular flexibility index (Phi) is 4.89. The highest BCUT2D eigenvalue weighted by molar-refractivity contribution is 5.83. The first-order valence-electron chi connectivity index (χ1n) is 12.4. The molecule has 168 valence electrons. The van der Waals surface area contributed by atoms with Crippen LogP contribution in [-0.2, 0) is 0 Å². The molecular formula is C36H24. The summed E-state index contributed by atoms with van der Waals surface area (Å²) in [6, 6.07) is 53.1. The molecule has 7 rings (SSSR count). The third kappa shape index (κ3) is 3.74. The van der Waals surface area contributed by atoms with Gasteiger partial charge in [0.05, 0.1) is 0 Å². The van der Waals surface area contributed by atoms with Crippen LogP contribution in [0.5, 0.6) is 0 Å². The summed E-state index contributed by atoms with van der Waals surface area (Å²) in [6.45, 7) is 0. The maximum Gasteiger partial charge on any atom is -0.0172 e. The first-order valence-corrected chi connectivity index (χ1v) is 12.4. The maximum atomic E-state index is 2.32. The summed E-state index contributed by atoms with van der Waals surface area (Å²) >= 11 is 0. The maximum absolute atomic E-state index is 2.32. The van der Waals surface area contributed by atoms with E-state index in [-0.39, 0.29) is 0 Å². The highest BCUT2D eigenvalue weighted by Gasteiger charge is 2.10. The standard InChI is InChI=1S/C36H24/c1-4-25-10-16-31(17-11-26(25)5-1)34-22-35(32-18-12-27-6-2-7-28(27)13-19-32)24-36(23-34)33-20-14-29-8-3-9-30(29)15-21-33/h1-24H. The Hall–Kier alpha value is -4.68. The van der Waals surface area contributed by atoms with Gasteiger partial charge in [-0.3, -0.25) is 0 Å². The molecule has 0 radical (unpaired) electrons. The van der Waals surface area contributed by atoms with E-state index in [1.54, 1.807) is 0 Å². The fraction of sp³-hybridized carbons (Fsp3) is 0. The second-order valence-corrected chi connectivity index (χ2v) is 9.47. The number of hydrogen-bond acceptors (Lipinski definition) is 0. The first-order chi connectivity index (χ1) is 17.8. The van der Waals surface area contributed by atoms with Gasteiger partial charge in [-0.2, -0.15) is 0 Å². The summed E-state index contributed by atoms with van der Waals surface area (Å²) in [4.78, 5) is 0. The molecule has 0 fully saturated rings. The minimum absolute atomic E-state index is 1.22. The second-order valence-electron chi connectivity index (χ2n) is 9.47. The average Bonchev–Trinajstić information content (AvgIpc) is 3.56. The largest absolute Gasteiger partial charge is 0.0610 e. The first kappa shape index (κ1) is 20.7. The smallest absolute Gasteiger partial charge is 0.0172 e. The van der Waals surface area contributed by atoms with Gasteiger partial charge < -0.3 is 0 Å². The lowest BCUT2D eigenvalue weighted by Gasteiger charge is -2.10. The molecular weight excluding hydrogens is 432 g/mol. The Balaban J connectivity index is 1.44. The van der Waals surface area contributed by atoms with Crippen molar-refractivity contribution < 1.29 is 0 Å². The molecule has 0 saturated heterocycles. The zero-order valence-electron chi connectivity index (χ0n) is 19.9. The zero-order chi connectivity index (χ0) is 23.9. The third-order valence-corrected chi connectivity index (χ3v) is 7.24. The Morgan fingerprint density at radius 3 is 0.528 bits per heavy atom. The van der Waals surface area contributed by atoms with Gasteiger partial charge >= 0.3 is 0 Å². The van der Waals surface area contributed by atoms with Crippen molar-refractivity contribution in [3.63, 3.8) is 0 Å². The van der Waals surface area contributed by atoms with Crippen molar-refractivity contribution in [2.75, 3.05) is 0 Å². The molecule has 0 aliphatic heterocycles. The highest BCUT2D eigenvalue weighted by atomic mass is 14.1. The van der Waals surface area contributed by atoms with Crippen LogP contribution >= 0.6 is 0 Å². The van der Waals surface area contributed by atoms with E-state index in [0.29, 0.717) is 0 Å². The molecule has 0 nitrogen and oxygen atoms in total. The molecule has 0 saturated carbocycles. The molecule has 6 aliphatic rings. The molecule has 0 atom stereocenters. The van der Waals surface area contributed by atoms with Crippen molar-refractivity contribution in [1.82, 2.24) is 0 Å². The van der Waals surface area contributed by atoms with Gasteiger partial charge in [0.1, 0.15) is 0 Å². The molecule has 0 aromatic heterocycles. The number of fused-ring (bicyclic) bond motifs is 3. The van der Waals surface area contributed by atoms with Crippen LogP contribution in [0.4, 0.5) is 0 Å². The summed E-state index contributed by atoms with van der Waals surface area (Å²) in [7, 11) is 0.